The Morgan fingerprint density at radius 3 is 2.42 bits per heavy atom. The summed E-state index contributed by atoms with van der Waals surface area (Å²) in [4.78, 5) is 25.1. The molecular formula is C23H17Cl3N2O2S. The van der Waals surface area contributed by atoms with E-state index in [1.54, 1.807) is 37.3 Å². The second-order valence-electron chi connectivity index (χ2n) is 6.87. The summed E-state index contributed by atoms with van der Waals surface area (Å²) in [7, 11) is 0. The van der Waals surface area contributed by atoms with E-state index >= 15 is 0 Å². The van der Waals surface area contributed by atoms with Crippen molar-refractivity contribution in [2.45, 2.75) is 19.8 Å². The van der Waals surface area contributed by atoms with Gasteiger partial charge in [0.1, 0.15) is 0 Å². The van der Waals surface area contributed by atoms with Crippen LogP contribution in [0, 0.1) is 11.3 Å². The van der Waals surface area contributed by atoms with Crippen molar-refractivity contribution in [1.82, 2.24) is 5.32 Å². The predicted octanol–water partition coefficient (Wildman–Crippen LogP) is 6.55. The predicted molar refractivity (Wildman–Crippen MR) is 127 cm³/mol. The fourth-order valence-corrected chi connectivity index (χ4v) is 4.93. The molecule has 0 spiro atoms. The zero-order valence-electron chi connectivity index (χ0n) is 16.6. The number of ketones is 2. The van der Waals surface area contributed by atoms with Crippen LogP contribution in [0.5, 0.6) is 0 Å². The molecular weight excluding hydrogens is 475 g/mol. The van der Waals surface area contributed by atoms with Gasteiger partial charge in [-0.3, -0.25) is 9.59 Å². The minimum absolute atomic E-state index is 0.0728. The molecule has 8 heteroatoms. The molecule has 1 aliphatic heterocycles. The summed E-state index contributed by atoms with van der Waals surface area (Å²) in [6.45, 7) is 3.24. The van der Waals surface area contributed by atoms with Gasteiger partial charge in [0, 0.05) is 21.9 Å². The van der Waals surface area contributed by atoms with Gasteiger partial charge >= 0.3 is 0 Å². The van der Waals surface area contributed by atoms with Gasteiger partial charge in [0.05, 0.1) is 38.4 Å². The maximum absolute atomic E-state index is 12.7. The summed E-state index contributed by atoms with van der Waals surface area (Å²) >= 11 is 19.5. The lowest BCUT2D eigenvalue weighted by atomic mass is 9.81. The topological polar surface area (TPSA) is 70.0 Å². The van der Waals surface area contributed by atoms with Gasteiger partial charge in [0.15, 0.2) is 11.6 Å². The quantitative estimate of drug-likeness (QED) is 0.464. The monoisotopic (exact) mass is 490 g/mol. The number of benzene rings is 2. The van der Waals surface area contributed by atoms with Gasteiger partial charge in [0.2, 0.25) is 0 Å². The maximum Gasteiger partial charge on any atom is 0.173 e. The lowest BCUT2D eigenvalue weighted by Gasteiger charge is -2.29. The van der Waals surface area contributed by atoms with Crippen molar-refractivity contribution in [3.63, 3.8) is 0 Å². The number of rotatable bonds is 6. The Hall–Kier alpha value is -2.23. The van der Waals surface area contributed by atoms with Crippen LogP contribution < -0.4 is 5.32 Å². The summed E-state index contributed by atoms with van der Waals surface area (Å²) in [6.07, 6.45) is 0. The fourth-order valence-electron chi connectivity index (χ4n) is 3.40. The number of hydrogen-bond donors (Lipinski definition) is 1. The Kier molecular flexibility index (Phi) is 7.51. The molecule has 0 fully saturated rings. The van der Waals surface area contributed by atoms with Crippen LogP contribution in [0.2, 0.25) is 15.1 Å². The first kappa shape index (κ1) is 23.4. The molecule has 31 heavy (non-hydrogen) atoms. The molecule has 0 saturated heterocycles. The molecule has 0 aromatic heterocycles. The Bertz CT molecular complexity index is 1180. The van der Waals surface area contributed by atoms with Crippen molar-refractivity contribution in [2.75, 3.05) is 5.75 Å². The first-order valence-electron chi connectivity index (χ1n) is 9.23. The van der Waals surface area contributed by atoms with Gasteiger partial charge in [-0.15, -0.1) is 0 Å². The van der Waals surface area contributed by atoms with Crippen molar-refractivity contribution in [3.8, 4) is 6.07 Å². The zero-order valence-corrected chi connectivity index (χ0v) is 19.7. The number of carbonyl (C=O) groups is 2. The Morgan fingerprint density at radius 1 is 1.10 bits per heavy atom. The number of nitriles is 1. The molecule has 0 saturated carbocycles. The van der Waals surface area contributed by atoms with Crippen LogP contribution in [-0.4, -0.2) is 17.3 Å². The van der Waals surface area contributed by atoms with E-state index in [-0.39, 0.29) is 17.3 Å². The average Bonchev–Trinajstić information content (AvgIpc) is 2.73. The number of thioether (sulfide) groups is 1. The number of dihydropyridines is 1. The molecule has 158 valence electrons. The number of hydrogen-bond acceptors (Lipinski definition) is 5. The third-order valence-corrected chi connectivity index (χ3v) is 6.93. The molecule has 0 unspecified atom stereocenters. The Labute approximate surface area is 199 Å². The van der Waals surface area contributed by atoms with Gasteiger partial charge in [-0.1, -0.05) is 64.8 Å². The van der Waals surface area contributed by atoms with E-state index < -0.39 is 5.92 Å². The Morgan fingerprint density at radius 2 is 1.81 bits per heavy atom. The summed E-state index contributed by atoms with van der Waals surface area (Å²) in [6, 6.07) is 14.0. The number of carbonyl (C=O) groups excluding carboxylic acids is 2. The van der Waals surface area contributed by atoms with Gasteiger partial charge in [0.25, 0.3) is 0 Å². The fraction of sp³-hybridized carbons (Fsp3) is 0.174. The van der Waals surface area contributed by atoms with Crippen LogP contribution in [0.15, 0.2) is 64.3 Å². The number of halogens is 3. The largest absolute Gasteiger partial charge is 0.353 e. The molecule has 2 aromatic rings. The normalized spacial score (nSPS) is 16.1. The van der Waals surface area contributed by atoms with E-state index in [0.29, 0.717) is 48.1 Å². The number of allylic oxidation sites excluding steroid dienone is 3. The SMILES string of the molecule is CC(=O)C1=C(C)NC(SCC(=O)c2ccc(Cl)c(Cl)c2)=C(C#N)[C@H]1c1ccccc1Cl. The first-order chi connectivity index (χ1) is 14.7. The number of nitrogens with zero attached hydrogens (tertiary/aromatic N) is 1. The van der Waals surface area contributed by atoms with E-state index in [1.165, 1.54) is 24.8 Å². The van der Waals surface area contributed by atoms with Gasteiger partial charge in [-0.2, -0.15) is 5.26 Å². The summed E-state index contributed by atoms with van der Waals surface area (Å²) in [5, 5.41) is 14.7. The highest BCUT2D eigenvalue weighted by atomic mass is 35.5. The lowest BCUT2D eigenvalue weighted by molar-refractivity contribution is -0.113. The maximum atomic E-state index is 12.7. The molecule has 0 bridgehead atoms. The molecule has 1 heterocycles. The summed E-state index contributed by atoms with van der Waals surface area (Å²) in [5.41, 5.74) is 2.54. The smallest absolute Gasteiger partial charge is 0.173 e. The number of Topliss-reactive ketones (excluding diaryl/α,β-unsaturated/α-hetero) is 2. The third kappa shape index (κ3) is 4.99. The molecule has 1 atom stereocenters. The average molecular weight is 492 g/mol. The van der Waals surface area contributed by atoms with Crippen LogP contribution in [-0.2, 0) is 4.79 Å². The molecule has 0 amide bonds. The van der Waals surface area contributed by atoms with E-state index in [4.69, 9.17) is 34.8 Å². The van der Waals surface area contributed by atoms with Crippen molar-refractivity contribution in [2.24, 2.45) is 0 Å². The minimum atomic E-state index is -0.611. The second-order valence-corrected chi connectivity index (χ2v) is 9.08. The molecule has 3 rings (SSSR count). The summed E-state index contributed by atoms with van der Waals surface area (Å²) in [5.74, 6) is -0.856. The van der Waals surface area contributed by atoms with Crippen molar-refractivity contribution >= 4 is 58.1 Å². The van der Waals surface area contributed by atoms with Crippen LogP contribution in [0.4, 0.5) is 0 Å². The standard InChI is InChI=1S/C23H17Cl3N2O2S/c1-12-21(13(2)29)22(15-5-3-4-6-17(15)24)16(10-27)23(28-12)31-11-20(30)14-7-8-18(25)19(26)9-14/h3-9,22,28H,11H2,1-2H3/t22-/m1/s1. The highest BCUT2D eigenvalue weighted by molar-refractivity contribution is 8.03. The molecule has 1 N–H and O–H groups in total. The van der Waals surface area contributed by atoms with Crippen LogP contribution in [0.3, 0.4) is 0 Å². The van der Waals surface area contributed by atoms with Gasteiger partial charge in [-0.25, -0.2) is 0 Å². The van der Waals surface area contributed by atoms with Crippen LogP contribution >= 0.6 is 46.6 Å². The van der Waals surface area contributed by atoms with E-state index in [1.807, 2.05) is 6.07 Å². The molecule has 2 aromatic carbocycles. The van der Waals surface area contributed by atoms with Crippen molar-refractivity contribution in [3.05, 3.63) is 90.5 Å². The summed E-state index contributed by atoms with van der Waals surface area (Å²) < 4.78 is 0. The third-order valence-electron chi connectivity index (χ3n) is 4.83. The highest BCUT2D eigenvalue weighted by Gasteiger charge is 2.34. The molecule has 0 aliphatic carbocycles. The lowest BCUT2D eigenvalue weighted by Crippen LogP contribution is -2.27. The first-order valence-corrected chi connectivity index (χ1v) is 11.3. The van der Waals surface area contributed by atoms with E-state index in [0.717, 1.165) is 0 Å². The molecule has 4 nitrogen and oxygen atoms in total. The van der Waals surface area contributed by atoms with Crippen LogP contribution in [0.1, 0.15) is 35.7 Å². The van der Waals surface area contributed by atoms with Gasteiger partial charge < -0.3 is 5.32 Å². The van der Waals surface area contributed by atoms with Crippen molar-refractivity contribution < 1.29 is 9.59 Å². The van der Waals surface area contributed by atoms with E-state index in [9.17, 15) is 14.9 Å². The van der Waals surface area contributed by atoms with Crippen LogP contribution in [0.25, 0.3) is 0 Å². The minimum Gasteiger partial charge on any atom is -0.353 e. The van der Waals surface area contributed by atoms with Crippen molar-refractivity contribution in [1.29, 1.82) is 5.26 Å². The Balaban J connectivity index is 1.97. The van der Waals surface area contributed by atoms with E-state index in [2.05, 4.69) is 11.4 Å². The molecule has 0 radical (unpaired) electrons. The number of nitrogens with one attached hydrogen (secondary N) is 1. The zero-order chi connectivity index (χ0) is 22.7. The molecule has 1 aliphatic rings. The van der Waals surface area contributed by atoms with Gasteiger partial charge in [-0.05, 0) is 43.7 Å². The highest BCUT2D eigenvalue weighted by Crippen LogP contribution is 2.43. The second kappa shape index (κ2) is 9.93.